The van der Waals surface area contributed by atoms with Crippen LogP contribution in [0.5, 0.6) is 0 Å². The van der Waals surface area contributed by atoms with Crippen molar-refractivity contribution in [2.45, 2.75) is 38.7 Å². The first-order valence-electron chi connectivity index (χ1n) is 8.44. The zero-order valence-corrected chi connectivity index (χ0v) is 13.9. The molecule has 0 aliphatic carbocycles. The second-order valence-corrected chi connectivity index (χ2v) is 6.05. The molecule has 0 spiro atoms. The molecule has 1 rings (SSSR count). The third-order valence-electron chi connectivity index (χ3n) is 3.94. The summed E-state index contributed by atoms with van der Waals surface area (Å²) in [7, 11) is 1.73. The standard InChI is InChI=1S/C16H34N2O3/c1-3-4-9-21-14-16(19)13-18-8-5-6-15(12-18)11-17-7-10-20-2/h15-17,19H,3-14H2,1-2H3. The molecule has 21 heavy (non-hydrogen) atoms. The molecule has 2 atom stereocenters. The number of hydrogen-bond acceptors (Lipinski definition) is 5. The Balaban J connectivity index is 2.10. The van der Waals surface area contributed by atoms with E-state index in [9.17, 15) is 5.11 Å². The number of aliphatic hydroxyl groups excluding tert-OH is 1. The molecule has 0 radical (unpaired) electrons. The number of methoxy groups -OCH3 is 1. The maximum Gasteiger partial charge on any atom is 0.0900 e. The lowest BCUT2D eigenvalue weighted by molar-refractivity contribution is 0.00832. The fourth-order valence-electron chi connectivity index (χ4n) is 2.78. The summed E-state index contributed by atoms with van der Waals surface area (Å²) in [5, 5.41) is 13.5. The van der Waals surface area contributed by atoms with E-state index < -0.39 is 0 Å². The van der Waals surface area contributed by atoms with Crippen LogP contribution in [-0.2, 0) is 9.47 Å². The highest BCUT2D eigenvalue weighted by atomic mass is 16.5. The summed E-state index contributed by atoms with van der Waals surface area (Å²) in [5.41, 5.74) is 0. The lowest BCUT2D eigenvalue weighted by Gasteiger charge is -2.34. The minimum atomic E-state index is -0.359. The Kier molecular flexibility index (Phi) is 11.1. The molecule has 0 aromatic carbocycles. The van der Waals surface area contributed by atoms with E-state index in [1.54, 1.807) is 7.11 Å². The van der Waals surface area contributed by atoms with Gasteiger partial charge in [0.05, 0.1) is 19.3 Å². The van der Waals surface area contributed by atoms with Gasteiger partial charge in [-0.3, -0.25) is 0 Å². The van der Waals surface area contributed by atoms with Crippen molar-refractivity contribution < 1.29 is 14.6 Å². The predicted octanol–water partition coefficient (Wildman–Crippen LogP) is 1.11. The minimum Gasteiger partial charge on any atom is -0.389 e. The maximum atomic E-state index is 10.0. The molecule has 5 heteroatoms. The van der Waals surface area contributed by atoms with Crippen molar-refractivity contribution in [1.82, 2.24) is 10.2 Å². The van der Waals surface area contributed by atoms with Crippen molar-refractivity contribution in [3.05, 3.63) is 0 Å². The van der Waals surface area contributed by atoms with E-state index in [-0.39, 0.29) is 6.10 Å². The molecule has 0 aromatic rings. The largest absolute Gasteiger partial charge is 0.389 e. The summed E-state index contributed by atoms with van der Waals surface area (Å²) in [6, 6.07) is 0. The highest BCUT2D eigenvalue weighted by Crippen LogP contribution is 2.16. The summed E-state index contributed by atoms with van der Waals surface area (Å²) in [6.45, 7) is 9.02. The molecular weight excluding hydrogens is 268 g/mol. The van der Waals surface area contributed by atoms with Gasteiger partial charge in [-0.05, 0) is 38.3 Å². The Bertz CT molecular complexity index is 240. The molecule has 1 aliphatic rings. The van der Waals surface area contributed by atoms with Crippen LogP contribution in [-0.4, -0.2) is 75.8 Å². The molecule has 1 heterocycles. The van der Waals surface area contributed by atoms with Crippen LogP contribution in [0.15, 0.2) is 0 Å². The van der Waals surface area contributed by atoms with Crippen LogP contribution < -0.4 is 5.32 Å². The van der Waals surface area contributed by atoms with E-state index in [2.05, 4.69) is 17.1 Å². The van der Waals surface area contributed by atoms with Gasteiger partial charge >= 0.3 is 0 Å². The number of ether oxygens (including phenoxy) is 2. The molecule has 1 saturated heterocycles. The summed E-state index contributed by atoms with van der Waals surface area (Å²) >= 11 is 0. The second-order valence-electron chi connectivity index (χ2n) is 6.05. The van der Waals surface area contributed by atoms with Gasteiger partial charge in [-0.1, -0.05) is 13.3 Å². The molecule has 0 bridgehead atoms. The molecule has 5 nitrogen and oxygen atoms in total. The number of unbranched alkanes of at least 4 members (excludes halogenated alkanes) is 1. The fourth-order valence-corrected chi connectivity index (χ4v) is 2.78. The molecule has 0 aromatic heterocycles. The maximum absolute atomic E-state index is 10.0. The first-order chi connectivity index (χ1) is 10.3. The smallest absolute Gasteiger partial charge is 0.0900 e. The van der Waals surface area contributed by atoms with Crippen LogP contribution in [0.1, 0.15) is 32.6 Å². The van der Waals surface area contributed by atoms with E-state index in [4.69, 9.17) is 9.47 Å². The quantitative estimate of drug-likeness (QED) is 0.529. The Labute approximate surface area is 130 Å². The lowest BCUT2D eigenvalue weighted by Crippen LogP contribution is -2.44. The average Bonchev–Trinajstić information content (AvgIpc) is 2.49. The molecule has 0 saturated carbocycles. The van der Waals surface area contributed by atoms with Gasteiger partial charge in [0, 0.05) is 33.4 Å². The van der Waals surface area contributed by atoms with Gasteiger partial charge in [-0.25, -0.2) is 0 Å². The number of likely N-dealkylation sites (tertiary alicyclic amines) is 1. The van der Waals surface area contributed by atoms with Crippen molar-refractivity contribution in [3.63, 3.8) is 0 Å². The Morgan fingerprint density at radius 3 is 3.00 bits per heavy atom. The van der Waals surface area contributed by atoms with Crippen LogP contribution >= 0.6 is 0 Å². The summed E-state index contributed by atoms with van der Waals surface area (Å²) in [4.78, 5) is 2.38. The molecule has 0 amide bonds. The van der Waals surface area contributed by atoms with Gasteiger partial charge in [-0.2, -0.15) is 0 Å². The van der Waals surface area contributed by atoms with E-state index in [0.29, 0.717) is 12.5 Å². The lowest BCUT2D eigenvalue weighted by atomic mass is 9.97. The first-order valence-corrected chi connectivity index (χ1v) is 8.44. The molecular formula is C16H34N2O3. The van der Waals surface area contributed by atoms with Crippen molar-refractivity contribution in [2.75, 3.05) is 59.7 Å². The summed E-state index contributed by atoms with van der Waals surface area (Å²) < 4.78 is 10.5. The van der Waals surface area contributed by atoms with E-state index in [0.717, 1.165) is 58.8 Å². The first kappa shape index (κ1) is 18.8. The van der Waals surface area contributed by atoms with E-state index in [1.165, 1.54) is 12.8 Å². The van der Waals surface area contributed by atoms with Gasteiger partial charge in [0.15, 0.2) is 0 Å². The summed E-state index contributed by atoms with van der Waals surface area (Å²) in [6.07, 6.45) is 4.35. The SMILES string of the molecule is CCCCOCC(O)CN1CCCC(CNCCOC)C1. The number of hydrogen-bond donors (Lipinski definition) is 2. The highest BCUT2D eigenvalue weighted by Gasteiger charge is 2.21. The third kappa shape index (κ3) is 9.42. The van der Waals surface area contributed by atoms with Crippen LogP contribution in [0.3, 0.4) is 0 Å². The number of piperidine rings is 1. The van der Waals surface area contributed by atoms with Gasteiger partial charge in [0.1, 0.15) is 0 Å². The Morgan fingerprint density at radius 1 is 1.38 bits per heavy atom. The zero-order chi connectivity index (χ0) is 15.3. The number of nitrogens with one attached hydrogen (secondary N) is 1. The van der Waals surface area contributed by atoms with Crippen molar-refractivity contribution in [3.8, 4) is 0 Å². The molecule has 1 fully saturated rings. The number of aliphatic hydroxyl groups is 1. The van der Waals surface area contributed by atoms with Crippen molar-refractivity contribution in [1.29, 1.82) is 0 Å². The molecule has 126 valence electrons. The van der Waals surface area contributed by atoms with Crippen LogP contribution in [0, 0.1) is 5.92 Å². The van der Waals surface area contributed by atoms with Gasteiger partial charge in [0.25, 0.3) is 0 Å². The van der Waals surface area contributed by atoms with E-state index >= 15 is 0 Å². The molecule has 2 unspecified atom stereocenters. The topological polar surface area (TPSA) is 54.0 Å². The zero-order valence-electron chi connectivity index (χ0n) is 13.9. The summed E-state index contributed by atoms with van der Waals surface area (Å²) in [5.74, 6) is 0.684. The fraction of sp³-hybridized carbons (Fsp3) is 1.00. The van der Waals surface area contributed by atoms with Crippen LogP contribution in [0.4, 0.5) is 0 Å². The third-order valence-corrected chi connectivity index (χ3v) is 3.94. The predicted molar refractivity (Wildman–Crippen MR) is 85.6 cm³/mol. The monoisotopic (exact) mass is 302 g/mol. The molecule has 2 N–H and O–H groups in total. The number of nitrogens with zero attached hydrogens (tertiary/aromatic N) is 1. The van der Waals surface area contributed by atoms with Crippen molar-refractivity contribution >= 4 is 0 Å². The second kappa shape index (κ2) is 12.4. The van der Waals surface area contributed by atoms with Crippen molar-refractivity contribution in [2.24, 2.45) is 5.92 Å². The Morgan fingerprint density at radius 2 is 2.24 bits per heavy atom. The normalized spacial score (nSPS) is 21.6. The van der Waals surface area contributed by atoms with Gasteiger partial charge in [-0.15, -0.1) is 0 Å². The van der Waals surface area contributed by atoms with Crippen LogP contribution in [0.2, 0.25) is 0 Å². The van der Waals surface area contributed by atoms with Gasteiger partial charge in [0.2, 0.25) is 0 Å². The number of rotatable bonds is 12. The van der Waals surface area contributed by atoms with Crippen LogP contribution in [0.25, 0.3) is 0 Å². The van der Waals surface area contributed by atoms with E-state index in [1.807, 2.05) is 0 Å². The minimum absolute atomic E-state index is 0.359. The Hall–Kier alpha value is -0.200. The highest BCUT2D eigenvalue weighted by molar-refractivity contribution is 4.76. The molecule has 1 aliphatic heterocycles. The number of β-amino-alcohol motifs (C(OH)–C–C–N with tert-alkyl or cyclic N) is 1. The average molecular weight is 302 g/mol. The van der Waals surface area contributed by atoms with Gasteiger partial charge < -0.3 is 24.8 Å².